The molecule has 168 valence electrons. The lowest BCUT2D eigenvalue weighted by Gasteiger charge is -2.14. The van der Waals surface area contributed by atoms with Crippen molar-refractivity contribution in [3.8, 4) is 5.75 Å². The summed E-state index contributed by atoms with van der Waals surface area (Å²) in [6.07, 6.45) is 1.49. The van der Waals surface area contributed by atoms with Crippen molar-refractivity contribution in [3.63, 3.8) is 0 Å². The number of carbonyl (C=O) groups is 1. The minimum absolute atomic E-state index is 0.0228. The summed E-state index contributed by atoms with van der Waals surface area (Å²) in [5.74, 6) is 0.00712. The van der Waals surface area contributed by atoms with Gasteiger partial charge in [-0.3, -0.25) is 4.79 Å². The number of hydrogen-bond donors (Lipinski definition) is 2. The third kappa shape index (κ3) is 6.33. The number of halogens is 2. The second kappa shape index (κ2) is 10.2. The standard InChI is InChI=1S/C21H24Cl2N2O5S/c1-13(2)30-19-8-6-15(11-18(19)23)25-21(26)14-5-7-17(22)20(10-14)31(27,28)24-12-16-4-3-9-29-16/h5-8,10-11,13,16,24H,3-4,9,12H2,1-2H3,(H,25,26). The second-order valence-electron chi connectivity index (χ2n) is 7.40. The predicted molar refractivity (Wildman–Crippen MR) is 121 cm³/mol. The van der Waals surface area contributed by atoms with Crippen LogP contribution in [-0.2, 0) is 14.8 Å². The lowest BCUT2D eigenvalue weighted by atomic mass is 10.2. The van der Waals surface area contributed by atoms with Crippen LogP contribution in [0.1, 0.15) is 37.0 Å². The normalized spacial score (nSPS) is 16.5. The van der Waals surface area contributed by atoms with E-state index in [2.05, 4.69) is 10.0 Å². The van der Waals surface area contributed by atoms with Gasteiger partial charge in [-0.2, -0.15) is 0 Å². The third-order valence-electron chi connectivity index (χ3n) is 4.56. The average molecular weight is 487 g/mol. The van der Waals surface area contributed by atoms with E-state index in [0.29, 0.717) is 23.1 Å². The molecular formula is C21H24Cl2N2O5S. The number of anilines is 1. The van der Waals surface area contributed by atoms with E-state index in [9.17, 15) is 13.2 Å². The molecule has 10 heteroatoms. The molecule has 1 saturated heterocycles. The van der Waals surface area contributed by atoms with Crippen LogP contribution in [0, 0.1) is 0 Å². The molecule has 1 unspecified atom stereocenters. The van der Waals surface area contributed by atoms with Gasteiger partial charge in [0.05, 0.1) is 22.3 Å². The van der Waals surface area contributed by atoms with Crippen LogP contribution in [0.2, 0.25) is 10.0 Å². The predicted octanol–water partition coefficient (Wildman–Crippen LogP) is 4.49. The van der Waals surface area contributed by atoms with Crippen LogP contribution in [0.25, 0.3) is 0 Å². The highest BCUT2D eigenvalue weighted by atomic mass is 35.5. The molecule has 0 bridgehead atoms. The lowest BCUT2D eigenvalue weighted by molar-refractivity contribution is 0.102. The van der Waals surface area contributed by atoms with Crippen molar-refractivity contribution in [3.05, 3.63) is 52.0 Å². The highest BCUT2D eigenvalue weighted by Gasteiger charge is 2.23. The van der Waals surface area contributed by atoms with Crippen LogP contribution in [-0.4, -0.2) is 39.7 Å². The number of sulfonamides is 1. The van der Waals surface area contributed by atoms with Crippen molar-refractivity contribution in [1.82, 2.24) is 4.72 Å². The maximum atomic E-state index is 12.7. The van der Waals surface area contributed by atoms with Gasteiger partial charge >= 0.3 is 0 Å². The van der Waals surface area contributed by atoms with Crippen LogP contribution in [0.5, 0.6) is 5.75 Å². The summed E-state index contributed by atoms with van der Waals surface area (Å²) in [5.41, 5.74) is 0.586. The fourth-order valence-electron chi connectivity index (χ4n) is 3.07. The molecule has 3 rings (SSSR count). The fourth-order valence-corrected chi connectivity index (χ4v) is 4.88. The molecule has 1 amide bonds. The quantitative estimate of drug-likeness (QED) is 0.573. The van der Waals surface area contributed by atoms with E-state index in [1.807, 2.05) is 13.8 Å². The maximum Gasteiger partial charge on any atom is 0.255 e. The summed E-state index contributed by atoms with van der Waals surface area (Å²) in [5, 5.41) is 3.07. The van der Waals surface area contributed by atoms with Crippen molar-refractivity contribution >= 4 is 44.8 Å². The molecule has 0 saturated carbocycles. The van der Waals surface area contributed by atoms with Gasteiger partial charge in [0.15, 0.2) is 0 Å². The van der Waals surface area contributed by atoms with Gasteiger partial charge in [-0.25, -0.2) is 13.1 Å². The summed E-state index contributed by atoms with van der Waals surface area (Å²) >= 11 is 12.3. The van der Waals surface area contributed by atoms with Gasteiger partial charge < -0.3 is 14.8 Å². The molecule has 0 aliphatic carbocycles. The van der Waals surface area contributed by atoms with Crippen molar-refractivity contribution < 1.29 is 22.7 Å². The van der Waals surface area contributed by atoms with E-state index in [-0.39, 0.29) is 34.2 Å². The van der Waals surface area contributed by atoms with Gasteiger partial charge in [-0.05, 0) is 63.1 Å². The van der Waals surface area contributed by atoms with E-state index < -0.39 is 15.9 Å². The zero-order valence-corrected chi connectivity index (χ0v) is 19.5. The molecule has 1 fully saturated rings. The lowest BCUT2D eigenvalue weighted by Crippen LogP contribution is -2.32. The van der Waals surface area contributed by atoms with Crippen molar-refractivity contribution in [2.24, 2.45) is 0 Å². The summed E-state index contributed by atoms with van der Waals surface area (Å²) in [6.45, 7) is 4.54. The van der Waals surface area contributed by atoms with Crippen molar-refractivity contribution in [1.29, 1.82) is 0 Å². The highest BCUT2D eigenvalue weighted by molar-refractivity contribution is 7.89. The smallest absolute Gasteiger partial charge is 0.255 e. The molecule has 2 N–H and O–H groups in total. The number of benzene rings is 2. The van der Waals surface area contributed by atoms with E-state index >= 15 is 0 Å². The fraction of sp³-hybridized carbons (Fsp3) is 0.381. The Bertz CT molecular complexity index is 1050. The molecule has 0 radical (unpaired) electrons. The van der Waals surface area contributed by atoms with Gasteiger partial charge in [0.25, 0.3) is 5.91 Å². The number of nitrogens with one attached hydrogen (secondary N) is 2. The Balaban J connectivity index is 1.74. The molecule has 1 aliphatic rings. The van der Waals surface area contributed by atoms with Gasteiger partial charge in [-0.1, -0.05) is 23.2 Å². The monoisotopic (exact) mass is 486 g/mol. The first-order valence-electron chi connectivity index (χ1n) is 9.84. The molecule has 0 aromatic heterocycles. The molecule has 1 heterocycles. The number of hydrogen-bond acceptors (Lipinski definition) is 5. The Labute approximate surface area is 192 Å². The van der Waals surface area contributed by atoms with Crippen LogP contribution in [0.15, 0.2) is 41.3 Å². The Morgan fingerprint density at radius 1 is 1.19 bits per heavy atom. The van der Waals surface area contributed by atoms with Gasteiger partial charge in [-0.15, -0.1) is 0 Å². The van der Waals surface area contributed by atoms with Gasteiger partial charge in [0.2, 0.25) is 10.0 Å². The zero-order chi connectivity index (χ0) is 22.6. The molecule has 31 heavy (non-hydrogen) atoms. The topological polar surface area (TPSA) is 93.7 Å². The van der Waals surface area contributed by atoms with Crippen molar-refractivity contribution in [2.75, 3.05) is 18.5 Å². The Morgan fingerprint density at radius 2 is 1.97 bits per heavy atom. The molecular weight excluding hydrogens is 463 g/mol. The summed E-state index contributed by atoms with van der Waals surface area (Å²) in [4.78, 5) is 12.5. The van der Waals surface area contributed by atoms with Crippen molar-refractivity contribution in [2.45, 2.75) is 43.8 Å². The number of carbonyl (C=O) groups excluding carboxylic acids is 1. The molecule has 1 aliphatic heterocycles. The SMILES string of the molecule is CC(C)Oc1ccc(NC(=O)c2ccc(Cl)c(S(=O)(=O)NCC3CCCO3)c2)cc1Cl. The maximum absolute atomic E-state index is 12.7. The van der Waals surface area contributed by atoms with Crippen LogP contribution in [0.3, 0.4) is 0 Å². The number of rotatable bonds is 8. The number of ether oxygens (including phenoxy) is 2. The minimum atomic E-state index is -3.91. The van der Waals surface area contributed by atoms with Crippen LogP contribution < -0.4 is 14.8 Å². The molecule has 2 aromatic carbocycles. The Hall–Kier alpha value is -1.84. The second-order valence-corrected chi connectivity index (χ2v) is 9.95. The van der Waals surface area contributed by atoms with Crippen LogP contribution in [0.4, 0.5) is 5.69 Å². The van der Waals surface area contributed by atoms with Gasteiger partial charge in [0.1, 0.15) is 10.6 Å². The summed E-state index contributed by atoms with van der Waals surface area (Å²) in [7, 11) is -3.91. The summed E-state index contributed by atoms with van der Waals surface area (Å²) < 4.78 is 38.9. The first-order chi connectivity index (χ1) is 14.7. The highest BCUT2D eigenvalue weighted by Crippen LogP contribution is 2.29. The van der Waals surface area contributed by atoms with E-state index in [4.69, 9.17) is 32.7 Å². The molecule has 1 atom stereocenters. The minimum Gasteiger partial charge on any atom is -0.489 e. The number of amides is 1. The zero-order valence-electron chi connectivity index (χ0n) is 17.2. The summed E-state index contributed by atoms with van der Waals surface area (Å²) in [6, 6.07) is 8.95. The molecule has 2 aromatic rings. The average Bonchev–Trinajstić information content (AvgIpc) is 3.22. The first-order valence-corrected chi connectivity index (χ1v) is 12.1. The van der Waals surface area contributed by atoms with Crippen LogP contribution >= 0.6 is 23.2 Å². The Kier molecular flexibility index (Phi) is 7.82. The Morgan fingerprint density at radius 3 is 2.61 bits per heavy atom. The van der Waals surface area contributed by atoms with Gasteiger partial charge in [0, 0.05) is 24.4 Å². The molecule has 0 spiro atoms. The third-order valence-corrected chi connectivity index (χ3v) is 6.76. The molecule has 7 nitrogen and oxygen atoms in total. The largest absolute Gasteiger partial charge is 0.489 e. The van der Waals surface area contributed by atoms with E-state index in [1.54, 1.807) is 18.2 Å². The van der Waals surface area contributed by atoms with E-state index in [1.165, 1.54) is 18.2 Å². The first kappa shape index (κ1) is 23.8. The van der Waals surface area contributed by atoms with E-state index in [0.717, 1.165) is 12.8 Å².